The summed E-state index contributed by atoms with van der Waals surface area (Å²) in [7, 11) is 0. The summed E-state index contributed by atoms with van der Waals surface area (Å²) in [4.78, 5) is 0. The molecule has 0 saturated heterocycles. The third kappa shape index (κ3) is 8.03. The lowest BCUT2D eigenvalue weighted by Crippen LogP contribution is -2.24. The first-order chi connectivity index (χ1) is 47.7. The van der Waals surface area contributed by atoms with Crippen molar-refractivity contribution in [2.24, 2.45) is 0 Å². The SMILES string of the molecule is CC1(C)c2ccccc2-c2ccc(-c3ccc4c(c3)C(C)(C)c3cc(-c5ccc6c(c5)C(C)(Cc5ccc7c8ccccc8n(-c8ccc(-c9ccc(-n%10c%11ccccc%11c%11ccccc%11%10)cc9)cc8)c7c5)c5cc(-c7ccc8c(c7)C(C)(C)c7ccccc7-8)ccc5-6)ccc3-4)cc21. The summed E-state index contributed by atoms with van der Waals surface area (Å²) >= 11 is 0. The number of para-hydroxylation sites is 3. The molecule has 2 aromatic heterocycles. The molecular weight excluding hydrogens is 1180 g/mol. The summed E-state index contributed by atoms with van der Waals surface area (Å²) in [5.41, 5.74) is 39.5. The molecule has 0 radical (unpaired) electrons. The van der Waals surface area contributed by atoms with E-state index >= 15 is 0 Å². The fourth-order valence-electron chi connectivity index (χ4n) is 18.6. The number of hydrogen-bond acceptors (Lipinski definition) is 0. The van der Waals surface area contributed by atoms with Gasteiger partial charge in [0.1, 0.15) is 0 Å². The fraction of sp³-hybridized carbons (Fsp3) is 0.125. The molecule has 2 nitrogen and oxygen atoms in total. The molecule has 0 spiro atoms. The maximum absolute atomic E-state index is 2.56. The van der Waals surface area contributed by atoms with Crippen LogP contribution in [0, 0.1) is 0 Å². The smallest absolute Gasteiger partial charge is 0.0543 e. The number of rotatable bonds is 8. The standard InChI is InChI=1S/C96H72N2/c1-93(2)81-23-13-8-18-69(81)71-44-33-61(51-83(71)93)62-35-46-73-74-47-36-64(54-86(74)95(5,6)85(73)53-62)66-38-49-76-75-48-37-65(63-34-45-72-70-19-9-14-24-82(70)94(3,4)84(72)52-63)55-87(75)96(7,88(76)56-66)57-58-28-43-80-79-22-12-17-27-91(79)98(92(80)50-58)68-41-31-60(32-42-68)59-29-39-67(40-30-59)97-89-25-15-10-20-77(89)78-21-11-16-26-90(78)97/h8-56H,57H2,1-7H3. The Morgan fingerprint density at radius 1 is 0.214 bits per heavy atom. The van der Waals surface area contributed by atoms with Gasteiger partial charge < -0.3 is 9.13 Å². The molecule has 16 aromatic rings. The van der Waals surface area contributed by atoms with Crippen molar-refractivity contribution in [3.63, 3.8) is 0 Å². The molecule has 1 atom stereocenters. The molecule has 0 fully saturated rings. The van der Waals surface area contributed by atoms with Gasteiger partial charge in [-0.2, -0.15) is 0 Å². The second-order valence-corrected chi connectivity index (χ2v) is 30.2. The lowest BCUT2D eigenvalue weighted by atomic mass is 9.74. The van der Waals surface area contributed by atoms with Crippen LogP contribution in [0.5, 0.6) is 0 Å². The number of hydrogen-bond donors (Lipinski definition) is 0. The number of fused-ring (bicyclic) bond motifs is 18. The summed E-state index contributed by atoms with van der Waals surface area (Å²) in [6.45, 7) is 16.9. The maximum Gasteiger partial charge on any atom is 0.0543 e. The minimum Gasteiger partial charge on any atom is -0.309 e. The Bertz CT molecular complexity index is 6060. The second kappa shape index (κ2) is 20.4. The van der Waals surface area contributed by atoms with E-state index in [0.29, 0.717) is 0 Å². The van der Waals surface area contributed by atoms with E-state index in [0.717, 1.165) is 17.8 Å². The van der Waals surface area contributed by atoms with Crippen molar-refractivity contribution in [3.05, 3.63) is 347 Å². The molecule has 0 bridgehead atoms. The predicted octanol–water partition coefficient (Wildman–Crippen LogP) is 25.0. The first kappa shape index (κ1) is 57.0. The first-order valence-electron chi connectivity index (χ1n) is 35.0. The summed E-state index contributed by atoms with van der Waals surface area (Å²) in [5, 5.41) is 5.06. The Morgan fingerprint density at radius 2 is 0.490 bits per heavy atom. The molecule has 4 aliphatic carbocycles. The van der Waals surface area contributed by atoms with Gasteiger partial charge in [-0.3, -0.25) is 0 Å². The molecule has 98 heavy (non-hydrogen) atoms. The van der Waals surface area contributed by atoms with Gasteiger partial charge in [0.05, 0.1) is 22.1 Å². The molecule has 14 aromatic carbocycles. The first-order valence-corrected chi connectivity index (χ1v) is 35.0. The molecule has 1 unspecified atom stereocenters. The van der Waals surface area contributed by atoms with Gasteiger partial charge in [-0.1, -0.05) is 261 Å². The van der Waals surface area contributed by atoms with Crippen molar-refractivity contribution >= 4 is 43.6 Å². The molecule has 466 valence electrons. The largest absolute Gasteiger partial charge is 0.309 e. The van der Waals surface area contributed by atoms with Crippen LogP contribution in [0.2, 0.25) is 0 Å². The highest BCUT2D eigenvalue weighted by molar-refractivity contribution is 6.10. The van der Waals surface area contributed by atoms with Gasteiger partial charge in [0.15, 0.2) is 0 Å². The van der Waals surface area contributed by atoms with Gasteiger partial charge in [0.2, 0.25) is 0 Å². The minimum absolute atomic E-state index is 0.0564. The van der Waals surface area contributed by atoms with E-state index in [1.54, 1.807) is 0 Å². The van der Waals surface area contributed by atoms with E-state index in [1.807, 2.05) is 0 Å². The molecule has 0 amide bonds. The summed E-state index contributed by atoms with van der Waals surface area (Å²) in [6, 6.07) is 114. The van der Waals surface area contributed by atoms with Crippen molar-refractivity contribution in [1.29, 1.82) is 0 Å². The van der Waals surface area contributed by atoms with Gasteiger partial charge in [-0.25, -0.2) is 0 Å². The minimum atomic E-state index is -0.385. The van der Waals surface area contributed by atoms with E-state index in [2.05, 4.69) is 355 Å². The lowest BCUT2D eigenvalue weighted by molar-refractivity contribution is 0.583. The van der Waals surface area contributed by atoms with Crippen LogP contribution < -0.4 is 0 Å². The number of benzene rings is 14. The normalized spacial score (nSPS) is 16.0. The van der Waals surface area contributed by atoms with Crippen molar-refractivity contribution in [3.8, 4) is 100 Å². The second-order valence-electron chi connectivity index (χ2n) is 30.2. The Labute approximate surface area is 573 Å². The molecule has 0 saturated carbocycles. The Hall–Kier alpha value is -11.3. The average Bonchev–Trinajstić information content (AvgIpc) is 1.56. The highest BCUT2D eigenvalue weighted by Gasteiger charge is 2.42. The monoisotopic (exact) mass is 1250 g/mol. The Kier molecular flexibility index (Phi) is 11.8. The molecule has 2 heteroatoms. The average molecular weight is 1250 g/mol. The van der Waals surface area contributed by atoms with Crippen LogP contribution in [0.15, 0.2) is 297 Å². The Balaban J connectivity index is 0.670. The molecule has 2 heterocycles. The highest BCUT2D eigenvalue weighted by Crippen LogP contribution is 2.57. The zero-order chi connectivity index (χ0) is 65.7. The molecule has 20 rings (SSSR count). The van der Waals surface area contributed by atoms with Gasteiger partial charge in [-0.15, -0.1) is 0 Å². The van der Waals surface area contributed by atoms with Gasteiger partial charge in [0.25, 0.3) is 0 Å². The zero-order valence-corrected chi connectivity index (χ0v) is 56.4. The quantitative estimate of drug-likeness (QED) is 0.143. The third-order valence-electron chi connectivity index (χ3n) is 23.8. The summed E-state index contributed by atoms with van der Waals surface area (Å²) in [6.07, 6.45) is 0.816. The van der Waals surface area contributed by atoms with E-state index in [-0.39, 0.29) is 21.7 Å². The number of nitrogens with zero attached hydrogens (tertiary/aromatic N) is 2. The highest BCUT2D eigenvalue weighted by atomic mass is 15.0. The summed E-state index contributed by atoms with van der Waals surface area (Å²) < 4.78 is 4.88. The van der Waals surface area contributed by atoms with Crippen molar-refractivity contribution in [1.82, 2.24) is 9.13 Å². The topological polar surface area (TPSA) is 9.86 Å². The molecule has 0 N–H and O–H groups in total. The number of aromatic nitrogens is 2. The molecular formula is C96H72N2. The Morgan fingerprint density at radius 3 is 0.867 bits per heavy atom. The van der Waals surface area contributed by atoms with E-state index < -0.39 is 0 Å². The van der Waals surface area contributed by atoms with Crippen LogP contribution in [0.4, 0.5) is 0 Å². The fourth-order valence-corrected chi connectivity index (χ4v) is 18.6. The van der Waals surface area contributed by atoms with Crippen LogP contribution in [-0.2, 0) is 28.1 Å². The van der Waals surface area contributed by atoms with Crippen molar-refractivity contribution in [2.75, 3.05) is 0 Å². The zero-order valence-electron chi connectivity index (χ0n) is 56.4. The third-order valence-corrected chi connectivity index (χ3v) is 23.8. The van der Waals surface area contributed by atoms with Crippen LogP contribution in [0.25, 0.3) is 144 Å². The van der Waals surface area contributed by atoms with E-state index in [1.165, 1.54) is 183 Å². The summed E-state index contributed by atoms with van der Waals surface area (Å²) in [5.74, 6) is 0. The van der Waals surface area contributed by atoms with Crippen LogP contribution >= 0.6 is 0 Å². The van der Waals surface area contributed by atoms with Gasteiger partial charge in [-0.05, 0) is 230 Å². The molecule has 0 aliphatic heterocycles. The van der Waals surface area contributed by atoms with Crippen molar-refractivity contribution < 1.29 is 0 Å². The van der Waals surface area contributed by atoms with Crippen LogP contribution in [0.1, 0.15) is 98.5 Å². The van der Waals surface area contributed by atoms with Crippen LogP contribution in [-0.4, -0.2) is 9.13 Å². The van der Waals surface area contributed by atoms with Crippen LogP contribution in [0.3, 0.4) is 0 Å². The maximum atomic E-state index is 2.56. The van der Waals surface area contributed by atoms with Gasteiger partial charge >= 0.3 is 0 Å². The van der Waals surface area contributed by atoms with Crippen molar-refractivity contribution in [2.45, 2.75) is 76.5 Å². The molecule has 4 aliphatic rings. The predicted molar refractivity (Wildman–Crippen MR) is 412 cm³/mol. The van der Waals surface area contributed by atoms with E-state index in [4.69, 9.17) is 0 Å². The van der Waals surface area contributed by atoms with E-state index in [9.17, 15) is 0 Å². The lowest BCUT2D eigenvalue weighted by Gasteiger charge is -2.29. The van der Waals surface area contributed by atoms with Gasteiger partial charge in [0, 0.05) is 54.6 Å².